The first-order chi connectivity index (χ1) is 13.7. The van der Waals surface area contributed by atoms with E-state index in [2.05, 4.69) is 29.2 Å². The second-order valence-corrected chi connectivity index (χ2v) is 7.00. The first kappa shape index (κ1) is 18.4. The zero-order chi connectivity index (χ0) is 19.5. The molecule has 0 radical (unpaired) electrons. The summed E-state index contributed by atoms with van der Waals surface area (Å²) in [5.41, 5.74) is 3.21. The molecular formula is C23H21ClN2O2. The normalized spacial score (nSPS) is 17.3. The molecule has 3 aromatic carbocycles. The summed E-state index contributed by atoms with van der Waals surface area (Å²) < 4.78 is 10.5. The Morgan fingerprint density at radius 1 is 0.821 bits per heavy atom. The summed E-state index contributed by atoms with van der Waals surface area (Å²) in [6, 6.07) is 24.1. The summed E-state index contributed by atoms with van der Waals surface area (Å²) in [5, 5.41) is 0.742. The van der Waals surface area contributed by atoms with Gasteiger partial charge in [-0.3, -0.25) is 0 Å². The van der Waals surface area contributed by atoms with Crippen LogP contribution in [0.1, 0.15) is 18.0 Å². The summed E-state index contributed by atoms with van der Waals surface area (Å²) in [4.78, 5) is 7.12. The predicted octanol–water partition coefficient (Wildman–Crippen LogP) is 6.04. The van der Waals surface area contributed by atoms with Crippen LogP contribution in [0.5, 0.6) is 11.5 Å². The molecule has 1 atom stereocenters. The van der Waals surface area contributed by atoms with E-state index in [0.717, 1.165) is 40.2 Å². The van der Waals surface area contributed by atoms with Gasteiger partial charge in [0.05, 0.1) is 25.9 Å². The Morgan fingerprint density at radius 3 is 1.96 bits per heavy atom. The Morgan fingerprint density at radius 2 is 1.39 bits per heavy atom. The average Bonchev–Trinajstić information content (AvgIpc) is 2.73. The lowest BCUT2D eigenvalue weighted by Gasteiger charge is -2.44. The minimum absolute atomic E-state index is 0.225. The highest BCUT2D eigenvalue weighted by molar-refractivity contribution is 6.30. The van der Waals surface area contributed by atoms with E-state index >= 15 is 0 Å². The van der Waals surface area contributed by atoms with Crippen LogP contribution in [0.25, 0.3) is 0 Å². The highest BCUT2D eigenvalue weighted by Crippen LogP contribution is 2.41. The standard InChI is InChI=1S/C23H21ClN2O2/c1-27-20-11-7-18(8-12-20)25-23-15-22(16-3-5-17(24)6-4-16)26(23)19-9-13-21(28-2)14-10-19/h3-14,22H,15H2,1-2H3. The van der Waals surface area contributed by atoms with Gasteiger partial charge < -0.3 is 14.4 Å². The van der Waals surface area contributed by atoms with Crippen LogP contribution in [-0.4, -0.2) is 20.1 Å². The van der Waals surface area contributed by atoms with Crippen molar-refractivity contribution in [3.63, 3.8) is 0 Å². The Hall–Kier alpha value is -2.98. The number of nitrogens with zero attached hydrogens (tertiary/aromatic N) is 2. The third-order valence-electron chi connectivity index (χ3n) is 4.90. The maximum Gasteiger partial charge on any atom is 0.119 e. The van der Waals surface area contributed by atoms with Crippen molar-refractivity contribution < 1.29 is 9.47 Å². The second kappa shape index (κ2) is 7.95. The van der Waals surface area contributed by atoms with E-state index in [0.29, 0.717) is 0 Å². The zero-order valence-electron chi connectivity index (χ0n) is 15.8. The molecule has 0 N–H and O–H groups in total. The van der Waals surface area contributed by atoms with Crippen LogP contribution in [0.2, 0.25) is 5.02 Å². The quantitative estimate of drug-likeness (QED) is 0.530. The Balaban J connectivity index is 1.67. The molecule has 1 heterocycles. The van der Waals surface area contributed by atoms with Crippen molar-refractivity contribution in [2.75, 3.05) is 19.1 Å². The van der Waals surface area contributed by atoms with E-state index in [4.69, 9.17) is 26.1 Å². The van der Waals surface area contributed by atoms with Crippen LogP contribution in [0, 0.1) is 0 Å². The first-order valence-electron chi connectivity index (χ1n) is 9.08. The van der Waals surface area contributed by atoms with Gasteiger partial charge in [0.15, 0.2) is 0 Å². The summed E-state index contributed by atoms with van der Waals surface area (Å²) in [7, 11) is 3.33. The molecule has 1 aliphatic heterocycles. The fourth-order valence-corrected chi connectivity index (χ4v) is 3.48. The molecule has 4 nitrogen and oxygen atoms in total. The van der Waals surface area contributed by atoms with Gasteiger partial charge in [0, 0.05) is 17.1 Å². The van der Waals surface area contributed by atoms with E-state index in [1.807, 2.05) is 48.5 Å². The zero-order valence-corrected chi connectivity index (χ0v) is 16.6. The largest absolute Gasteiger partial charge is 0.497 e. The molecule has 0 saturated carbocycles. The molecule has 4 rings (SSSR count). The number of aliphatic imine (C=N–C) groups is 1. The fraction of sp³-hybridized carbons (Fsp3) is 0.174. The van der Waals surface area contributed by atoms with Crippen LogP contribution in [0.4, 0.5) is 11.4 Å². The van der Waals surface area contributed by atoms with E-state index in [-0.39, 0.29) is 6.04 Å². The fourth-order valence-electron chi connectivity index (χ4n) is 3.36. The molecule has 0 aliphatic carbocycles. The lowest BCUT2D eigenvalue weighted by molar-refractivity contribution is 0.414. The molecule has 142 valence electrons. The van der Waals surface area contributed by atoms with E-state index < -0.39 is 0 Å². The van der Waals surface area contributed by atoms with Crippen molar-refractivity contribution in [3.8, 4) is 11.5 Å². The lowest BCUT2D eigenvalue weighted by atomic mass is 9.92. The van der Waals surface area contributed by atoms with E-state index in [1.165, 1.54) is 5.56 Å². The van der Waals surface area contributed by atoms with Gasteiger partial charge in [-0.25, -0.2) is 4.99 Å². The maximum absolute atomic E-state index is 6.06. The molecule has 0 amide bonds. The Kier molecular flexibility index (Phi) is 5.22. The molecule has 3 aromatic rings. The average molecular weight is 393 g/mol. The Labute approximate surface area is 170 Å². The van der Waals surface area contributed by atoms with Gasteiger partial charge in [0.2, 0.25) is 0 Å². The molecule has 28 heavy (non-hydrogen) atoms. The van der Waals surface area contributed by atoms with Crippen molar-refractivity contribution in [1.82, 2.24) is 0 Å². The number of amidine groups is 1. The molecule has 5 heteroatoms. The van der Waals surface area contributed by atoms with Gasteiger partial charge >= 0.3 is 0 Å². The van der Waals surface area contributed by atoms with Gasteiger partial charge in [-0.15, -0.1) is 0 Å². The minimum atomic E-state index is 0.225. The number of rotatable bonds is 5. The monoisotopic (exact) mass is 392 g/mol. The highest BCUT2D eigenvalue weighted by Gasteiger charge is 2.36. The summed E-state index contributed by atoms with van der Waals surface area (Å²) in [6.45, 7) is 0. The molecule has 1 aliphatic rings. The number of methoxy groups -OCH3 is 2. The number of benzene rings is 3. The number of ether oxygens (including phenoxy) is 2. The summed E-state index contributed by atoms with van der Waals surface area (Å²) >= 11 is 6.06. The van der Waals surface area contributed by atoms with Gasteiger partial charge in [-0.1, -0.05) is 23.7 Å². The van der Waals surface area contributed by atoms with Gasteiger partial charge in [0.1, 0.15) is 17.3 Å². The molecule has 0 bridgehead atoms. The van der Waals surface area contributed by atoms with Crippen LogP contribution in [-0.2, 0) is 0 Å². The van der Waals surface area contributed by atoms with Crippen LogP contribution in [0.15, 0.2) is 77.8 Å². The summed E-state index contributed by atoms with van der Waals surface area (Å²) in [6.07, 6.45) is 0.861. The smallest absolute Gasteiger partial charge is 0.119 e. The van der Waals surface area contributed by atoms with E-state index in [1.54, 1.807) is 14.2 Å². The topological polar surface area (TPSA) is 34.1 Å². The SMILES string of the molecule is COc1ccc(N=C2CC(c3ccc(Cl)cc3)N2c2ccc(OC)cc2)cc1. The van der Waals surface area contributed by atoms with Crippen molar-refractivity contribution in [2.45, 2.75) is 12.5 Å². The number of hydrogen-bond donors (Lipinski definition) is 0. The van der Waals surface area contributed by atoms with Crippen LogP contribution >= 0.6 is 11.6 Å². The molecule has 1 unspecified atom stereocenters. The minimum Gasteiger partial charge on any atom is -0.497 e. The van der Waals surface area contributed by atoms with Crippen LogP contribution < -0.4 is 14.4 Å². The van der Waals surface area contributed by atoms with Gasteiger partial charge in [-0.2, -0.15) is 0 Å². The molecular weight excluding hydrogens is 372 g/mol. The first-order valence-corrected chi connectivity index (χ1v) is 9.46. The lowest BCUT2D eigenvalue weighted by Crippen LogP contribution is -2.46. The Bertz CT molecular complexity index is 967. The van der Waals surface area contributed by atoms with Crippen molar-refractivity contribution in [1.29, 1.82) is 0 Å². The number of halogens is 1. The molecule has 1 saturated heterocycles. The molecule has 0 aromatic heterocycles. The van der Waals surface area contributed by atoms with Gasteiger partial charge in [0.25, 0.3) is 0 Å². The van der Waals surface area contributed by atoms with Crippen molar-refractivity contribution >= 4 is 28.8 Å². The van der Waals surface area contributed by atoms with Crippen molar-refractivity contribution in [2.24, 2.45) is 4.99 Å². The predicted molar refractivity (Wildman–Crippen MR) is 114 cm³/mol. The summed E-state index contributed by atoms with van der Waals surface area (Å²) in [5.74, 6) is 2.68. The number of anilines is 1. The third-order valence-corrected chi connectivity index (χ3v) is 5.15. The highest BCUT2D eigenvalue weighted by atomic mass is 35.5. The van der Waals surface area contributed by atoms with Gasteiger partial charge in [-0.05, 0) is 66.2 Å². The molecule has 1 fully saturated rings. The molecule has 0 spiro atoms. The number of hydrogen-bond acceptors (Lipinski definition) is 3. The van der Waals surface area contributed by atoms with Crippen LogP contribution in [0.3, 0.4) is 0 Å². The second-order valence-electron chi connectivity index (χ2n) is 6.57. The van der Waals surface area contributed by atoms with Crippen molar-refractivity contribution in [3.05, 3.63) is 83.4 Å². The van der Waals surface area contributed by atoms with E-state index in [9.17, 15) is 0 Å². The third kappa shape index (κ3) is 3.69. The maximum atomic E-state index is 6.06.